The summed E-state index contributed by atoms with van der Waals surface area (Å²) in [6, 6.07) is 0. The van der Waals surface area contributed by atoms with Crippen LogP contribution in [0.25, 0.3) is 0 Å². The van der Waals surface area contributed by atoms with E-state index in [2.05, 4.69) is 30.1 Å². The van der Waals surface area contributed by atoms with Gasteiger partial charge in [-0.05, 0) is 51.4 Å². The summed E-state index contributed by atoms with van der Waals surface area (Å²) >= 11 is 0. The first-order valence-electron chi connectivity index (χ1n) is 5.99. The highest BCUT2D eigenvalue weighted by Crippen LogP contribution is 2.29. The number of hydrogen-bond donors (Lipinski definition) is 1. The maximum absolute atomic E-state index is 5.21. The third kappa shape index (κ3) is 4.68. The largest absolute Gasteiger partial charge is 0.316 e. The first-order valence-corrected chi connectivity index (χ1v) is 5.99. The van der Waals surface area contributed by atoms with Gasteiger partial charge in [0.1, 0.15) is 0 Å². The minimum atomic E-state index is 0.503. The lowest BCUT2D eigenvalue weighted by atomic mass is 9.80. The molecule has 1 fully saturated rings. The van der Waals surface area contributed by atoms with E-state index in [0.717, 1.165) is 25.9 Å². The number of rotatable bonds is 5. The second-order valence-corrected chi connectivity index (χ2v) is 5.10. The van der Waals surface area contributed by atoms with Crippen molar-refractivity contribution in [2.24, 2.45) is 5.41 Å². The Labute approximate surface area is 94.4 Å². The van der Waals surface area contributed by atoms with Gasteiger partial charge in [-0.3, -0.25) is 0 Å². The molecule has 1 rings (SSSR count). The summed E-state index contributed by atoms with van der Waals surface area (Å²) in [6.45, 7) is 7.08. The van der Waals surface area contributed by atoms with E-state index in [0.29, 0.717) is 5.41 Å². The molecule has 1 aliphatic rings. The fourth-order valence-electron chi connectivity index (χ4n) is 2.04. The van der Waals surface area contributed by atoms with Crippen LogP contribution in [0.1, 0.15) is 32.6 Å². The molecule has 15 heavy (non-hydrogen) atoms. The molecule has 1 N–H and O–H groups in total. The van der Waals surface area contributed by atoms with Crippen LogP contribution < -0.4 is 5.32 Å². The predicted molar refractivity (Wildman–Crippen MR) is 65.8 cm³/mol. The highest BCUT2D eigenvalue weighted by atomic mass is 15.1. The van der Waals surface area contributed by atoms with Crippen LogP contribution in [0.4, 0.5) is 0 Å². The van der Waals surface area contributed by atoms with Crippen molar-refractivity contribution in [3.05, 3.63) is 0 Å². The molecule has 0 spiro atoms. The minimum Gasteiger partial charge on any atom is -0.316 e. The Hall–Kier alpha value is -0.520. The van der Waals surface area contributed by atoms with Gasteiger partial charge in [-0.25, -0.2) is 0 Å². The van der Waals surface area contributed by atoms with E-state index in [-0.39, 0.29) is 0 Å². The first kappa shape index (κ1) is 12.5. The molecule has 2 heteroatoms. The Balaban J connectivity index is 2.12. The number of piperidine rings is 1. The maximum atomic E-state index is 5.21. The van der Waals surface area contributed by atoms with Crippen molar-refractivity contribution in [3.8, 4) is 12.3 Å². The van der Waals surface area contributed by atoms with Gasteiger partial charge >= 0.3 is 0 Å². The zero-order valence-corrected chi connectivity index (χ0v) is 10.2. The molecule has 0 aliphatic carbocycles. The second kappa shape index (κ2) is 6.15. The highest BCUT2D eigenvalue weighted by molar-refractivity contribution is 4.85. The summed E-state index contributed by atoms with van der Waals surface area (Å²) in [4.78, 5) is 2.42. The van der Waals surface area contributed by atoms with Crippen molar-refractivity contribution in [1.29, 1.82) is 0 Å². The summed E-state index contributed by atoms with van der Waals surface area (Å²) in [5, 5.41) is 3.53. The molecule has 0 unspecified atom stereocenters. The number of nitrogens with one attached hydrogen (secondary N) is 1. The maximum Gasteiger partial charge on any atom is 0.00981 e. The monoisotopic (exact) mass is 208 g/mol. The van der Waals surface area contributed by atoms with Crippen LogP contribution in [0, 0.1) is 17.8 Å². The van der Waals surface area contributed by atoms with Gasteiger partial charge in [0.15, 0.2) is 0 Å². The van der Waals surface area contributed by atoms with Crippen molar-refractivity contribution in [3.63, 3.8) is 0 Å². The normalized spacial score (nSPS) is 21.1. The molecule has 1 saturated heterocycles. The molecular formula is C13H24N2. The molecule has 0 aromatic rings. The highest BCUT2D eigenvalue weighted by Gasteiger charge is 2.27. The summed E-state index contributed by atoms with van der Waals surface area (Å²) < 4.78 is 0. The van der Waals surface area contributed by atoms with E-state index in [4.69, 9.17) is 6.42 Å². The number of unbranched alkanes of at least 4 members (excludes halogenated alkanes) is 1. The third-order valence-electron chi connectivity index (χ3n) is 3.42. The van der Waals surface area contributed by atoms with Gasteiger partial charge in [-0.2, -0.15) is 0 Å². The predicted octanol–water partition coefficient (Wildman–Crippen LogP) is 1.72. The number of likely N-dealkylation sites (tertiary alicyclic amines) is 1. The van der Waals surface area contributed by atoms with Gasteiger partial charge in [0.05, 0.1) is 0 Å². The SMILES string of the molecule is C#CCCCNCC1(C)CCN(C)CC1. The zero-order valence-electron chi connectivity index (χ0n) is 10.2. The quantitative estimate of drug-likeness (QED) is 0.547. The molecule has 0 atom stereocenters. The number of terminal acetylenes is 1. The van der Waals surface area contributed by atoms with Crippen LogP contribution in [-0.4, -0.2) is 38.1 Å². The van der Waals surface area contributed by atoms with Crippen molar-refractivity contribution in [2.75, 3.05) is 33.2 Å². The van der Waals surface area contributed by atoms with Crippen LogP contribution in [0.5, 0.6) is 0 Å². The molecule has 0 amide bonds. The average Bonchev–Trinajstić information content (AvgIpc) is 2.23. The number of nitrogens with zero attached hydrogens (tertiary/aromatic N) is 1. The fraction of sp³-hybridized carbons (Fsp3) is 0.846. The third-order valence-corrected chi connectivity index (χ3v) is 3.42. The van der Waals surface area contributed by atoms with Crippen LogP contribution in [0.3, 0.4) is 0 Å². The lowest BCUT2D eigenvalue weighted by Gasteiger charge is -2.38. The molecule has 1 heterocycles. The molecule has 2 nitrogen and oxygen atoms in total. The van der Waals surface area contributed by atoms with Gasteiger partial charge in [0.25, 0.3) is 0 Å². The van der Waals surface area contributed by atoms with Crippen molar-refractivity contribution >= 4 is 0 Å². The summed E-state index contributed by atoms with van der Waals surface area (Å²) in [5.74, 6) is 2.67. The minimum absolute atomic E-state index is 0.503. The van der Waals surface area contributed by atoms with Gasteiger partial charge in [-0.15, -0.1) is 12.3 Å². The Bertz CT molecular complexity index is 209. The van der Waals surface area contributed by atoms with Crippen LogP contribution >= 0.6 is 0 Å². The Morgan fingerprint density at radius 1 is 1.40 bits per heavy atom. The average molecular weight is 208 g/mol. The molecule has 0 saturated carbocycles. The van der Waals surface area contributed by atoms with Crippen molar-refractivity contribution in [1.82, 2.24) is 10.2 Å². The standard InChI is InChI=1S/C13H24N2/c1-4-5-6-9-14-12-13(2)7-10-15(3)11-8-13/h1,14H,5-12H2,2-3H3. The summed E-state index contributed by atoms with van der Waals surface area (Å²) in [7, 11) is 2.21. The van der Waals surface area contributed by atoms with E-state index in [1.165, 1.54) is 25.9 Å². The first-order chi connectivity index (χ1) is 7.16. The van der Waals surface area contributed by atoms with Crippen molar-refractivity contribution < 1.29 is 0 Å². The zero-order chi connectivity index (χ0) is 11.1. The molecule has 1 aliphatic heterocycles. The van der Waals surface area contributed by atoms with E-state index in [1.54, 1.807) is 0 Å². The van der Waals surface area contributed by atoms with E-state index in [1.807, 2.05) is 0 Å². The summed E-state index contributed by atoms with van der Waals surface area (Å²) in [5.41, 5.74) is 0.503. The smallest absolute Gasteiger partial charge is 0.00981 e. The fourth-order valence-corrected chi connectivity index (χ4v) is 2.04. The van der Waals surface area contributed by atoms with E-state index < -0.39 is 0 Å². The van der Waals surface area contributed by atoms with E-state index >= 15 is 0 Å². The molecule has 0 aromatic carbocycles. The Kier molecular flexibility index (Phi) is 5.14. The molecular weight excluding hydrogens is 184 g/mol. The van der Waals surface area contributed by atoms with Gasteiger partial charge < -0.3 is 10.2 Å². The number of hydrogen-bond acceptors (Lipinski definition) is 2. The Morgan fingerprint density at radius 2 is 2.07 bits per heavy atom. The second-order valence-electron chi connectivity index (χ2n) is 5.10. The Morgan fingerprint density at radius 3 is 2.67 bits per heavy atom. The molecule has 0 aromatic heterocycles. The molecule has 86 valence electrons. The van der Waals surface area contributed by atoms with Crippen LogP contribution in [0.15, 0.2) is 0 Å². The summed E-state index contributed by atoms with van der Waals surface area (Å²) in [6.07, 6.45) is 9.83. The lowest BCUT2D eigenvalue weighted by Crippen LogP contribution is -2.42. The topological polar surface area (TPSA) is 15.3 Å². The van der Waals surface area contributed by atoms with Gasteiger partial charge in [0.2, 0.25) is 0 Å². The van der Waals surface area contributed by atoms with Gasteiger partial charge in [0, 0.05) is 13.0 Å². The van der Waals surface area contributed by atoms with Gasteiger partial charge in [-0.1, -0.05) is 6.92 Å². The van der Waals surface area contributed by atoms with E-state index in [9.17, 15) is 0 Å². The molecule has 0 radical (unpaired) electrons. The molecule has 0 bridgehead atoms. The lowest BCUT2D eigenvalue weighted by molar-refractivity contribution is 0.137. The van der Waals surface area contributed by atoms with Crippen LogP contribution in [-0.2, 0) is 0 Å². The van der Waals surface area contributed by atoms with Crippen LogP contribution in [0.2, 0.25) is 0 Å². The van der Waals surface area contributed by atoms with Crippen molar-refractivity contribution in [2.45, 2.75) is 32.6 Å².